The first-order valence-corrected chi connectivity index (χ1v) is 8.57. The van der Waals surface area contributed by atoms with Crippen LogP contribution in [-0.4, -0.2) is 20.5 Å². The van der Waals surface area contributed by atoms with Gasteiger partial charge in [0, 0.05) is 16.7 Å². The fourth-order valence-corrected chi connectivity index (χ4v) is 3.29. The van der Waals surface area contributed by atoms with E-state index in [-0.39, 0.29) is 11.1 Å². The molecule has 0 radical (unpaired) electrons. The topological polar surface area (TPSA) is 77.8 Å². The summed E-state index contributed by atoms with van der Waals surface area (Å²) in [7, 11) is -4.14. The Morgan fingerprint density at radius 2 is 1.50 bits per heavy atom. The fraction of sp³-hybridized carbons (Fsp3) is 0.235. The summed E-state index contributed by atoms with van der Waals surface area (Å²) in [4.78, 5) is 41.4. The zero-order valence-electron chi connectivity index (χ0n) is 12.8. The van der Waals surface area contributed by atoms with Crippen molar-refractivity contribution in [3.8, 4) is 0 Å². The summed E-state index contributed by atoms with van der Waals surface area (Å²) in [6.07, 6.45) is 0. The summed E-state index contributed by atoms with van der Waals surface area (Å²) in [5.74, 6) is -0.143. The van der Waals surface area contributed by atoms with E-state index in [1.54, 1.807) is 30.3 Å². The first-order valence-electron chi connectivity index (χ1n) is 6.93. The van der Waals surface area contributed by atoms with E-state index in [9.17, 15) is 19.5 Å². The van der Waals surface area contributed by atoms with Gasteiger partial charge < -0.3 is 0 Å². The van der Waals surface area contributed by atoms with Gasteiger partial charge in [0.05, 0.1) is 0 Å². The van der Waals surface area contributed by atoms with Gasteiger partial charge in [-0.05, 0) is 23.6 Å². The van der Waals surface area contributed by atoms with Crippen molar-refractivity contribution in [3.05, 3.63) is 65.2 Å². The van der Waals surface area contributed by atoms with Crippen molar-refractivity contribution in [1.82, 2.24) is 0 Å². The molecule has 4 nitrogen and oxygen atoms in total. The third-order valence-corrected chi connectivity index (χ3v) is 4.46. The van der Waals surface area contributed by atoms with Crippen molar-refractivity contribution in [2.24, 2.45) is 0 Å². The minimum absolute atomic E-state index is 0.0876. The maximum absolute atomic E-state index is 12.5. The highest BCUT2D eigenvalue weighted by Gasteiger charge is 2.40. The highest BCUT2D eigenvalue weighted by molar-refractivity contribution is 7.66. The van der Waals surface area contributed by atoms with Crippen LogP contribution in [0.4, 0.5) is 0 Å². The lowest BCUT2D eigenvalue weighted by Gasteiger charge is -2.22. The van der Waals surface area contributed by atoms with Gasteiger partial charge in [-0.25, -0.2) is 0 Å². The van der Waals surface area contributed by atoms with Gasteiger partial charge in [-0.2, -0.15) is 14.7 Å². The molecule has 0 aliphatic rings. The number of hydrogen-bond donors (Lipinski definition) is 3. The van der Waals surface area contributed by atoms with Gasteiger partial charge >= 0.3 is 7.94 Å². The Bertz CT molecular complexity index is 682. The van der Waals surface area contributed by atoms with Crippen LogP contribution < -0.4 is 5.30 Å². The minimum atomic E-state index is -4.14. The second kappa shape index (κ2) is 5.90. The summed E-state index contributed by atoms with van der Waals surface area (Å²) >= 11 is 0. The second-order valence-electron chi connectivity index (χ2n) is 6.25. The molecule has 0 saturated carbocycles. The number of ketones is 1. The van der Waals surface area contributed by atoms with E-state index in [4.69, 9.17) is 0 Å². The van der Waals surface area contributed by atoms with E-state index >= 15 is 0 Å². The van der Waals surface area contributed by atoms with Crippen LogP contribution in [0.2, 0.25) is 0 Å². The summed E-state index contributed by atoms with van der Waals surface area (Å²) in [6, 6.07) is 13.4. The average molecular weight is 319 g/mol. The first kappa shape index (κ1) is 16.8. The van der Waals surface area contributed by atoms with Crippen LogP contribution in [0.5, 0.6) is 0 Å². The van der Waals surface area contributed by atoms with Crippen molar-refractivity contribution in [2.45, 2.75) is 26.2 Å². The van der Waals surface area contributed by atoms with Crippen LogP contribution >= 0.6 is 7.94 Å². The quantitative estimate of drug-likeness (QED) is 0.600. The lowest BCUT2D eigenvalue weighted by molar-refractivity contribution is 0.103. The van der Waals surface area contributed by atoms with E-state index in [1.807, 2.05) is 26.8 Å². The third-order valence-electron chi connectivity index (χ3n) is 3.43. The van der Waals surface area contributed by atoms with E-state index in [0.29, 0.717) is 16.7 Å². The van der Waals surface area contributed by atoms with Crippen molar-refractivity contribution < 1.29 is 19.5 Å². The van der Waals surface area contributed by atoms with Crippen molar-refractivity contribution in [2.75, 3.05) is 0 Å². The molecule has 3 N–H and O–H groups in total. The second-order valence-corrected chi connectivity index (χ2v) is 7.86. The van der Waals surface area contributed by atoms with Crippen molar-refractivity contribution in [3.63, 3.8) is 0 Å². The Morgan fingerprint density at radius 3 is 2.00 bits per heavy atom. The van der Waals surface area contributed by atoms with Crippen molar-refractivity contribution in [1.29, 1.82) is 0 Å². The van der Waals surface area contributed by atoms with Crippen LogP contribution in [0.25, 0.3) is 0 Å². The Labute approximate surface area is 130 Å². The van der Waals surface area contributed by atoms with Gasteiger partial charge in [-0.15, -0.1) is 0 Å². The van der Waals surface area contributed by atoms with Gasteiger partial charge in [-0.3, -0.25) is 4.79 Å². The molecule has 0 aromatic heterocycles. The number of benzene rings is 2. The van der Waals surface area contributed by atoms with Gasteiger partial charge in [0.2, 0.25) is 0 Å². The molecule has 116 valence electrons. The smallest absolute Gasteiger partial charge is 0.289 e. The van der Waals surface area contributed by atoms with Crippen LogP contribution in [0.15, 0.2) is 48.5 Å². The predicted molar refractivity (Wildman–Crippen MR) is 88.2 cm³/mol. The Kier molecular flexibility index (Phi) is 4.50. The molecule has 0 atom stereocenters. The van der Waals surface area contributed by atoms with Crippen LogP contribution in [-0.2, 0) is 5.41 Å². The van der Waals surface area contributed by atoms with Crippen LogP contribution in [0.1, 0.15) is 42.3 Å². The Balaban J connectivity index is 2.55. The molecule has 0 spiro atoms. The summed E-state index contributed by atoms with van der Waals surface area (Å²) in [6.45, 7) is 5.66. The molecule has 0 bridgehead atoms. The zero-order valence-corrected chi connectivity index (χ0v) is 13.7. The Morgan fingerprint density at radius 1 is 0.909 bits per heavy atom. The lowest BCUT2D eigenvalue weighted by atomic mass is 9.85. The van der Waals surface area contributed by atoms with E-state index < -0.39 is 13.4 Å². The van der Waals surface area contributed by atoms with E-state index in [1.165, 1.54) is 12.1 Å². The predicted octanol–water partition coefficient (Wildman–Crippen LogP) is 2.58. The maximum atomic E-state index is 12.5. The number of hydrogen-bond acceptors (Lipinski definition) is 4. The molecule has 0 unspecified atom stereocenters. The fourth-order valence-electron chi connectivity index (χ4n) is 2.30. The largest absolute Gasteiger partial charge is 0.441 e. The zero-order chi connectivity index (χ0) is 16.5. The Hall–Kier alpha value is -1.58. The number of carbonyl (C=O) groups excluding carboxylic acids is 1. The molecule has 0 saturated heterocycles. The molecule has 0 aliphatic carbocycles. The van der Waals surface area contributed by atoms with Crippen LogP contribution in [0, 0.1) is 0 Å². The summed E-state index contributed by atoms with van der Waals surface area (Å²) < 4.78 is 0. The third kappa shape index (κ3) is 3.60. The summed E-state index contributed by atoms with van der Waals surface area (Å²) in [5, 5.41) is 0.0876. The maximum Gasteiger partial charge on any atom is 0.441 e. The summed E-state index contributed by atoms with van der Waals surface area (Å²) in [5.41, 5.74) is 1.12. The molecule has 2 aromatic rings. The van der Waals surface area contributed by atoms with Gasteiger partial charge in [0.25, 0.3) is 0 Å². The minimum Gasteiger partial charge on any atom is -0.289 e. The molecule has 0 heterocycles. The molecular formula is C17H20O4P+. The molecule has 0 aliphatic heterocycles. The SMILES string of the molecule is CC(C)(C)c1cc(C(=O)c2ccccc2)ccc1[P+](O)(O)O. The first-order chi connectivity index (χ1) is 10.1. The molecule has 0 fully saturated rings. The highest BCUT2D eigenvalue weighted by atomic mass is 31.2. The van der Waals surface area contributed by atoms with E-state index in [0.717, 1.165) is 0 Å². The molecule has 2 rings (SSSR count). The van der Waals surface area contributed by atoms with Gasteiger partial charge in [0.15, 0.2) is 11.1 Å². The monoisotopic (exact) mass is 319 g/mol. The highest BCUT2D eigenvalue weighted by Crippen LogP contribution is 2.46. The molecule has 0 amide bonds. The van der Waals surface area contributed by atoms with E-state index in [2.05, 4.69) is 0 Å². The molecule has 22 heavy (non-hydrogen) atoms. The van der Waals surface area contributed by atoms with Crippen molar-refractivity contribution >= 4 is 19.0 Å². The van der Waals surface area contributed by atoms with Gasteiger partial charge in [-0.1, -0.05) is 51.1 Å². The average Bonchev–Trinajstić information content (AvgIpc) is 2.45. The lowest BCUT2D eigenvalue weighted by Crippen LogP contribution is -2.26. The number of carbonyl (C=O) groups is 1. The molecule has 5 heteroatoms. The van der Waals surface area contributed by atoms with Crippen LogP contribution in [0.3, 0.4) is 0 Å². The van der Waals surface area contributed by atoms with Gasteiger partial charge in [0.1, 0.15) is 0 Å². The normalized spacial score (nSPS) is 12.3. The molecular weight excluding hydrogens is 299 g/mol. The molecule has 2 aromatic carbocycles. The number of rotatable bonds is 3. The standard InChI is InChI=1S/C17H20O4P/c1-17(2,3)14-11-13(9-10-15(14)22(19,20)21)16(18)12-7-5-4-6-8-12/h4-11,19-21H,1-3H3/q+1.